The van der Waals surface area contributed by atoms with Gasteiger partial charge in [-0.2, -0.15) is 17.9 Å². The van der Waals surface area contributed by atoms with E-state index in [1.807, 2.05) is 0 Å². The maximum atomic E-state index is 13.2. The number of aryl methyl sites for hydroxylation is 1. The van der Waals surface area contributed by atoms with Gasteiger partial charge in [0.05, 0.1) is 28.8 Å². The summed E-state index contributed by atoms with van der Waals surface area (Å²) in [6.07, 6.45) is -4.75. The van der Waals surface area contributed by atoms with E-state index in [0.29, 0.717) is 24.0 Å². The number of amides is 1. The number of alkyl halides is 3. The Labute approximate surface area is 177 Å². The van der Waals surface area contributed by atoms with Gasteiger partial charge in [-0.15, -0.1) is 0 Å². The van der Waals surface area contributed by atoms with Crippen LogP contribution in [0.25, 0.3) is 0 Å². The monoisotopic (exact) mass is 464 g/mol. The summed E-state index contributed by atoms with van der Waals surface area (Å²) in [4.78, 5) is 12.2. The van der Waals surface area contributed by atoms with Crippen LogP contribution in [-0.4, -0.2) is 27.0 Å². The van der Waals surface area contributed by atoms with E-state index >= 15 is 0 Å². The van der Waals surface area contributed by atoms with Crippen molar-refractivity contribution >= 4 is 33.2 Å². The molecule has 0 saturated heterocycles. The van der Waals surface area contributed by atoms with E-state index in [4.69, 9.17) is 16.3 Å². The molecule has 0 fully saturated rings. The lowest BCUT2D eigenvalue weighted by molar-refractivity contribution is -0.137. The molecular weight excluding hydrogens is 445 g/mol. The van der Waals surface area contributed by atoms with Crippen LogP contribution in [0.15, 0.2) is 41.3 Å². The Morgan fingerprint density at radius 1 is 1.20 bits per heavy atom. The zero-order valence-corrected chi connectivity index (χ0v) is 17.9. The minimum absolute atomic E-state index is 0.106. The zero-order valence-electron chi connectivity index (χ0n) is 16.3. The van der Waals surface area contributed by atoms with Crippen LogP contribution in [0.3, 0.4) is 0 Å². The van der Waals surface area contributed by atoms with E-state index < -0.39 is 39.4 Å². The molecular formula is C19H20ClF3N2O4S. The average molecular weight is 465 g/mol. The molecule has 1 atom stereocenters. The van der Waals surface area contributed by atoms with Crippen molar-refractivity contribution in [1.29, 1.82) is 0 Å². The third-order valence-electron chi connectivity index (χ3n) is 4.03. The number of carbonyl (C=O) groups is 1. The molecule has 6 nitrogen and oxygen atoms in total. The van der Waals surface area contributed by atoms with Gasteiger partial charge < -0.3 is 10.1 Å². The van der Waals surface area contributed by atoms with E-state index in [-0.39, 0.29) is 9.92 Å². The highest BCUT2D eigenvalue weighted by atomic mass is 35.5. The Morgan fingerprint density at radius 2 is 1.87 bits per heavy atom. The lowest BCUT2D eigenvalue weighted by Gasteiger charge is -2.18. The molecule has 0 bridgehead atoms. The molecule has 2 rings (SSSR count). The van der Waals surface area contributed by atoms with Crippen LogP contribution in [0.5, 0.6) is 5.75 Å². The number of carbonyl (C=O) groups excluding carboxylic acids is 1. The number of sulfonamides is 1. The molecule has 2 aromatic carbocycles. The lowest BCUT2D eigenvalue weighted by atomic mass is 10.1. The van der Waals surface area contributed by atoms with Crippen LogP contribution in [0.2, 0.25) is 5.02 Å². The van der Waals surface area contributed by atoms with Crippen molar-refractivity contribution in [2.24, 2.45) is 0 Å². The Bertz CT molecular complexity index is 1040. The SMILES string of the molecule is CCOc1ccc(S(=O)(=O)N[C@@H](C)C(=O)Nc2ccc(Cl)cc2C(F)(F)F)cc1C. The van der Waals surface area contributed by atoms with E-state index in [0.717, 1.165) is 6.07 Å². The number of rotatable bonds is 7. The molecule has 2 N–H and O–H groups in total. The van der Waals surface area contributed by atoms with Gasteiger partial charge in [-0.05, 0) is 62.7 Å². The first-order chi connectivity index (χ1) is 13.8. The Kier molecular flexibility index (Phi) is 7.38. The number of anilines is 1. The second kappa shape index (κ2) is 9.23. The highest BCUT2D eigenvalue weighted by Gasteiger charge is 2.34. The van der Waals surface area contributed by atoms with Crippen molar-refractivity contribution in [2.45, 2.75) is 37.9 Å². The lowest BCUT2D eigenvalue weighted by Crippen LogP contribution is -2.41. The molecule has 0 unspecified atom stereocenters. The van der Waals surface area contributed by atoms with Crippen LogP contribution in [0.1, 0.15) is 25.0 Å². The van der Waals surface area contributed by atoms with Gasteiger partial charge in [0, 0.05) is 5.02 Å². The summed E-state index contributed by atoms with van der Waals surface area (Å²) < 4.78 is 72.1. The van der Waals surface area contributed by atoms with Gasteiger partial charge in [-0.25, -0.2) is 8.42 Å². The van der Waals surface area contributed by atoms with E-state index in [1.54, 1.807) is 13.8 Å². The molecule has 0 aliphatic rings. The maximum absolute atomic E-state index is 13.2. The first-order valence-electron chi connectivity index (χ1n) is 8.78. The van der Waals surface area contributed by atoms with Gasteiger partial charge in [-0.1, -0.05) is 11.6 Å². The van der Waals surface area contributed by atoms with Crippen LogP contribution >= 0.6 is 11.6 Å². The predicted octanol–water partition coefficient (Wildman–Crippen LogP) is 4.37. The quantitative estimate of drug-likeness (QED) is 0.637. The fourth-order valence-electron chi connectivity index (χ4n) is 2.56. The fraction of sp³-hybridized carbons (Fsp3) is 0.316. The van der Waals surface area contributed by atoms with Crippen LogP contribution in [0.4, 0.5) is 18.9 Å². The highest BCUT2D eigenvalue weighted by molar-refractivity contribution is 7.89. The number of hydrogen-bond donors (Lipinski definition) is 2. The summed E-state index contributed by atoms with van der Waals surface area (Å²) in [5, 5.41) is 1.94. The first kappa shape index (κ1) is 24.0. The summed E-state index contributed by atoms with van der Waals surface area (Å²) >= 11 is 5.61. The third-order valence-corrected chi connectivity index (χ3v) is 5.80. The molecule has 0 spiro atoms. The molecule has 1 amide bonds. The molecule has 0 radical (unpaired) electrons. The topological polar surface area (TPSA) is 84.5 Å². The standard InChI is InChI=1S/C19H20ClF3N2O4S/c1-4-29-17-8-6-14(9-11(17)2)30(27,28)25-12(3)18(26)24-16-7-5-13(20)10-15(16)19(21,22)23/h5-10,12,25H,4H2,1-3H3,(H,24,26)/t12-/m0/s1. The van der Waals surface area contributed by atoms with Gasteiger partial charge in [0.25, 0.3) is 0 Å². The van der Waals surface area contributed by atoms with Crippen LogP contribution in [0, 0.1) is 6.92 Å². The number of ether oxygens (including phenoxy) is 1. The number of nitrogens with one attached hydrogen (secondary N) is 2. The largest absolute Gasteiger partial charge is 0.494 e. The fourth-order valence-corrected chi connectivity index (χ4v) is 4.02. The highest BCUT2D eigenvalue weighted by Crippen LogP contribution is 2.36. The van der Waals surface area contributed by atoms with Gasteiger partial charge in [-0.3, -0.25) is 4.79 Å². The van der Waals surface area contributed by atoms with Gasteiger partial charge in [0.1, 0.15) is 5.75 Å². The van der Waals surface area contributed by atoms with Crippen molar-refractivity contribution in [1.82, 2.24) is 4.72 Å². The molecule has 164 valence electrons. The number of benzene rings is 2. The minimum atomic E-state index is -4.75. The predicted molar refractivity (Wildman–Crippen MR) is 107 cm³/mol. The summed E-state index contributed by atoms with van der Waals surface area (Å²) in [5.41, 5.74) is -1.09. The molecule has 0 heterocycles. The Balaban J connectivity index is 2.19. The zero-order chi connectivity index (χ0) is 22.7. The number of halogens is 4. The summed E-state index contributed by atoms with van der Waals surface area (Å²) in [6.45, 7) is 5.08. The first-order valence-corrected chi connectivity index (χ1v) is 10.6. The summed E-state index contributed by atoms with van der Waals surface area (Å²) in [7, 11) is -4.11. The smallest absolute Gasteiger partial charge is 0.418 e. The summed E-state index contributed by atoms with van der Waals surface area (Å²) in [6, 6.07) is 5.68. The number of hydrogen-bond acceptors (Lipinski definition) is 4. The third kappa shape index (κ3) is 5.87. The van der Waals surface area contributed by atoms with Crippen molar-refractivity contribution in [3.63, 3.8) is 0 Å². The molecule has 2 aromatic rings. The van der Waals surface area contributed by atoms with Gasteiger partial charge in [0.15, 0.2) is 0 Å². The molecule has 0 aliphatic heterocycles. The van der Waals surface area contributed by atoms with Crippen molar-refractivity contribution in [2.75, 3.05) is 11.9 Å². The Hall–Kier alpha value is -2.30. The van der Waals surface area contributed by atoms with Crippen LogP contribution in [-0.2, 0) is 21.0 Å². The molecule has 30 heavy (non-hydrogen) atoms. The van der Waals surface area contributed by atoms with Crippen LogP contribution < -0.4 is 14.8 Å². The summed E-state index contributed by atoms with van der Waals surface area (Å²) in [5.74, 6) is -0.446. The second-order valence-electron chi connectivity index (χ2n) is 6.38. The molecule has 0 aromatic heterocycles. The Morgan fingerprint density at radius 3 is 2.43 bits per heavy atom. The molecule has 11 heteroatoms. The van der Waals surface area contributed by atoms with Crippen molar-refractivity contribution in [3.05, 3.63) is 52.5 Å². The molecule has 0 saturated carbocycles. The van der Waals surface area contributed by atoms with E-state index in [2.05, 4.69) is 10.0 Å². The van der Waals surface area contributed by atoms with Crippen molar-refractivity contribution < 1.29 is 31.1 Å². The minimum Gasteiger partial charge on any atom is -0.494 e. The van der Waals surface area contributed by atoms with E-state index in [9.17, 15) is 26.4 Å². The average Bonchev–Trinajstić information content (AvgIpc) is 2.63. The van der Waals surface area contributed by atoms with E-state index in [1.165, 1.54) is 31.2 Å². The van der Waals surface area contributed by atoms with Gasteiger partial charge >= 0.3 is 6.18 Å². The maximum Gasteiger partial charge on any atom is 0.418 e. The normalized spacial score (nSPS) is 13.0. The van der Waals surface area contributed by atoms with Crippen molar-refractivity contribution in [3.8, 4) is 5.75 Å². The van der Waals surface area contributed by atoms with Gasteiger partial charge in [0.2, 0.25) is 15.9 Å². The molecule has 0 aliphatic carbocycles. The second-order valence-corrected chi connectivity index (χ2v) is 8.53.